The summed E-state index contributed by atoms with van der Waals surface area (Å²) < 4.78 is 3.10. The predicted molar refractivity (Wildman–Crippen MR) is 90.1 cm³/mol. The largest absolute Gasteiger partial charge is 0.350 e. The number of nitrogens with one attached hydrogen (secondary N) is 1. The van der Waals surface area contributed by atoms with Crippen molar-refractivity contribution in [3.8, 4) is 0 Å². The molecule has 0 aromatic carbocycles. The van der Waals surface area contributed by atoms with Gasteiger partial charge in [0, 0.05) is 45.6 Å². The summed E-state index contributed by atoms with van der Waals surface area (Å²) in [7, 11) is 3.47. The Morgan fingerprint density at radius 3 is 2.88 bits per heavy atom. The lowest BCUT2D eigenvalue weighted by Gasteiger charge is -2.33. The Morgan fingerprint density at radius 2 is 2.17 bits per heavy atom. The van der Waals surface area contributed by atoms with Gasteiger partial charge in [-0.3, -0.25) is 14.3 Å². The van der Waals surface area contributed by atoms with Gasteiger partial charge in [-0.15, -0.1) is 0 Å². The Kier molecular flexibility index (Phi) is 4.37. The third-order valence-electron chi connectivity index (χ3n) is 4.29. The van der Waals surface area contributed by atoms with E-state index in [0.29, 0.717) is 18.1 Å². The first-order chi connectivity index (χ1) is 11.5. The van der Waals surface area contributed by atoms with Crippen LogP contribution in [0.25, 0.3) is 0 Å². The van der Waals surface area contributed by atoms with Crippen molar-refractivity contribution in [3.63, 3.8) is 0 Å². The Morgan fingerprint density at radius 1 is 1.38 bits per heavy atom. The fraction of sp³-hybridized carbons (Fsp3) is 0.500. The summed E-state index contributed by atoms with van der Waals surface area (Å²) in [5.41, 5.74) is 1.23. The standard InChI is InChI=1S/C16H22N6O2/c1-11-9-13(21(3)19-11)15(23)18-12-5-4-7-22(10-12)14-16(24)20(2)8-6-17-14/h6,8-9,12H,4-5,7,10H2,1-3H3,(H,18,23). The molecule has 2 aromatic rings. The van der Waals surface area contributed by atoms with Crippen LogP contribution < -0.4 is 15.8 Å². The number of hydrogen-bond donors (Lipinski definition) is 1. The average Bonchev–Trinajstić information content (AvgIpc) is 2.89. The van der Waals surface area contributed by atoms with E-state index in [0.717, 1.165) is 25.1 Å². The number of amides is 1. The molecule has 0 radical (unpaired) electrons. The molecule has 1 saturated heterocycles. The summed E-state index contributed by atoms with van der Waals surface area (Å²) in [4.78, 5) is 30.8. The van der Waals surface area contributed by atoms with Crippen LogP contribution in [0.1, 0.15) is 29.0 Å². The molecule has 1 unspecified atom stereocenters. The third-order valence-corrected chi connectivity index (χ3v) is 4.29. The number of nitrogens with zero attached hydrogens (tertiary/aromatic N) is 5. The van der Waals surface area contributed by atoms with Gasteiger partial charge in [0.15, 0.2) is 5.82 Å². The van der Waals surface area contributed by atoms with Crippen LogP contribution in [0.2, 0.25) is 0 Å². The molecule has 1 aliphatic heterocycles. The van der Waals surface area contributed by atoms with Gasteiger partial charge in [0.05, 0.1) is 5.69 Å². The van der Waals surface area contributed by atoms with Gasteiger partial charge in [-0.1, -0.05) is 0 Å². The number of rotatable bonds is 3. The van der Waals surface area contributed by atoms with Crippen LogP contribution >= 0.6 is 0 Å². The molecule has 8 heteroatoms. The van der Waals surface area contributed by atoms with E-state index in [-0.39, 0.29) is 17.5 Å². The molecule has 128 valence electrons. The molecule has 1 amide bonds. The van der Waals surface area contributed by atoms with Crippen molar-refractivity contribution < 1.29 is 4.79 Å². The maximum absolute atomic E-state index is 12.4. The Hall–Kier alpha value is -2.64. The summed E-state index contributed by atoms with van der Waals surface area (Å²) in [6, 6.07) is 1.75. The van der Waals surface area contributed by atoms with E-state index in [9.17, 15) is 9.59 Å². The smallest absolute Gasteiger partial charge is 0.293 e. The van der Waals surface area contributed by atoms with Gasteiger partial charge in [0.2, 0.25) is 0 Å². The highest BCUT2D eigenvalue weighted by Gasteiger charge is 2.25. The zero-order valence-electron chi connectivity index (χ0n) is 14.2. The quantitative estimate of drug-likeness (QED) is 0.870. The topological polar surface area (TPSA) is 85.0 Å². The molecule has 2 aromatic heterocycles. The average molecular weight is 330 g/mol. The molecule has 1 atom stereocenters. The predicted octanol–water partition coefficient (Wildman–Crippen LogP) is 0.221. The second-order valence-corrected chi connectivity index (χ2v) is 6.22. The van der Waals surface area contributed by atoms with Crippen LogP contribution in [0.4, 0.5) is 5.82 Å². The van der Waals surface area contributed by atoms with E-state index in [1.165, 1.54) is 4.57 Å². The first kappa shape index (κ1) is 16.2. The Bertz CT molecular complexity index is 809. The second-order valence-electron chi connectivity index (χ2n) is 6.22. The van der Waals surface area contributed by atoms with Crippen molar-refractivity contribution in [3.05, 3.63) is 40.2 Å². The highest BCUT2D eigenvalue weighted by atomic mass is 16.2. The van der Waals surface area contributed by atoms with Crippen molar-refractivity contribution in [1.82, 2.24) is 24.6 Å². The summed E-state index contributed by atoms with van der Waals surface area (Å²) in [6.07, 6.45) is 5.04. The number of anilines is 1. The molecule has 1 fully saturated rings. The summed E-state index contributed by atoms with van der Waals surface area (Å²) in [5.74, 6) is 0.300. The van der Waals surface area contributed by atoms with Crippen molar-refractivity contribution >= 4 is 11.7 Å². The molecule has 8 nitrogen and oxygen atoms in total. The van der Waals surface area contributed by atoms with E-state index in [4.69, 9.17) is 0 Å². The molecule has 0 bridgehead atoms. The summed E-state index contributed by atoms with van der Waals surface area (Å²) in [6.45, 7) is 3.20. The molecule has 1 N–H and O–H groups in total. The number of piperidine rings is 1. The van der Waals surface area contributed by atoms with Gasteiger partial charge in [-0.05, 0) is 25.8 Å². The second kappa shape index (κ2) is 6.46. The molecule has 1 aliphatic rings. The van der Waals surface area contributed by atoms with Crippen LogP contribution in [-0.4, -0.2) is 44.4 Å². The zero-order chi connectivity index (χ0) is 17.3. The van der Waals surface area contributed by atoms with Gasteiger partial charge in [-0.25, -0.2) is 4.98 Å². The maximum Gasteiger partial charge on any atom is 0.293 e. The number of aryl methyl sites for hydroxylation is 3. The molecule has 0 spiro atoms. The molecule has 0 saturated carbocycles. The molecule has 3 rings (SSSR count). The number of carbonyl (C=O) groups is 1. The van der Waals surface area contributed by atoms with E-state index in [1.54, 1.807) is 37.2 Å². The Labute approximate surface area is 140 Å². The molecular weight excluding hydrogens is 308 g/mol. The van der Waals surface area contributed by atoms with Crippen molar-refractivity contribution in [1.29, 1.82) is 0 Å². The molecule has 24 heavy (non-hydrogen) atoms. The van der Waals surface area contributed by atoms with Gasteiger partial charge in [0.1, 0.15) is 5.69 Å². The van der Waals surface area contributed by atoms with Crippen molar-refractivity contribution in [2.24, 2.45) is 14.1 Å². The SMILES string of the molecule is Cc1cc(C(=O)NC2CCCN(c3nccn(C)c3=O)C2)n(C)n1. The lowest BCUT2D eigenvalue weighted by Crippen LogP contribution is -2.49. The van der Waals surface area contributed by atoms with Crippen LogP contribution in [0.15, 0.2) is 23.3 Å². The molecule has 3 heterocycles. The molecular formula is C16H22N6O2. The minimum absolute atomic E-state index is 0.0202. The zero-order valence-corrected chi connectivity index (χ0v) is 14.2. The first-order valence-electron chi connectivity index (χ1n) is 8.04. The van der Waals surface area contributed by atoms with Gasteiger partial charge in [0.25, 0.3) is 11.5 Å². The highest BCUT2D eigenvalue weighted by Crippen LogP contribution is 2.15. The number of hydrogen-bond acceptors (Lipinski definition) is 5. The van der Waals surface area contributed by atoms with Crippen LogP contribution in [-0.2, 0) is 14.1 Å². The number of aromatic nitrogens is 4. The number of carbonyl (C=O) groups excluding carboxylic acids is 1. The highest BCUT2D eigenvalue weighted by molar-refractivity contribution is 5.92. The third kappa shape index (κ3) is 3.17. The molecule has 0 aliphatic carbocycles. The van der Waals surface area contributed by atoms with Crippen molar-refractivity contribution in [2.75, 3.05) is 18.0 Å². The fourth-order valence-corrected chi connectivity index (χ4v) is 3.07. The monoisotopic (exact) mass is 330 g/mol. The van der Waals surface area contributed by atoms with E-state index in [2.05, 4.69) is 15.4 Å². The van der Waals surface area contributed by atoms with Gasteiger partial charge in [-0.2, -0.15) is 5.10 Å². The minimum Gasteiger partial charge on any atom is -0.350 e. The minimum atomic E-state index is -0.140. The fourth-order valence-electron chi connectivity index (χ4n) is 3.07. The normalized spacial score (nSPS) is 17.8. The van der Waals surface area contributed by atoms with Crippen LogP contribution in [0.5, 0.6) is 0 Å². The van der Waals surface area contributed by atoms with E-state index in [1.807, 2.05) is 11.8 Å². The van der Waals surface area contributed by atoms with Crippen LogP contribution in [0.3, 0.4) is 0 Å². The van der Waals surface area contributed by atoms with E-state index < -0.39 is 0 Å². The summed E-state index contributed by atoms with van der Waals surface area (Å²) in [5, 5.41) is 7.25. The first-order valence-corrected chi connectivity index (χ1v) is 8.04. The van der Waals surface area contributed by atoms with Gasteiger partial charge >= 0.3 is 0 Å². The lowest BCUT2D eigenvalue weighted by atomic mass is 10.1. The van der Waals surface area contributed by atoms with Crippen molar-refractivity contribution in [2.45, 2.75) is 25.8 Å². The van der Waals surface area contributed by atoms with Gasteiger partial charge < -0.3 is 14.8 Å². The summed E-state index contributed by atoms with van der Waals surface area (Å²) >= 11 is 0. The lowest BCUT2D eigenvalue weighted by molar-refractivity contribution is 0.0923. The maximum atomic E-state index is 12.4. The van der Waals surface area contributed by atoms with Crippen LogP contribution in [0, 0.1) is 6.92 Å². The van der Waals surface area contributed by atoms with E-state index >= 15 is 0 Å². The Balaban J connectivity index is 1.72.